The van der Waals surface area contributed by atoms with Crippen LogP contribution in [0.25, 0.3) is 10.2 Å². The van der Waals surface area contributed by atoms with Gasteiger partial charge in [0, 0.05) is 11.4 Å². The minimum atomic E-state index is -0.0349. The van der Waals surface area contributed by atoms with E-state index < -0.39 is 0 Å². The molecule has 3 aromatic rings. The van der Waals surface area contributed by atoms with Crippen LogP contribution in [0.4, 0.5) is 0 Å². The molecule has 0 radical (unpaired) electrons. The zero-order valence-electron chi connectivity index (χ0n) is 15.8. The number of aromatic nitrogens is 5. The maximum Gasteiger partial charge on any atom is 0.259 e. The van der Waals surface area contributed by atoms with E-state index in [2.05, 4.69) is 28.7 Å². The van der Waals surface area contributed by atoms with Gasteiger partial charge in [-0.3, -0.25) is 4.79 Å². The topological polar surface area (TPSA) is 76.5 Å². The van der Waals surface area contributed by atoms with Crippen LogP contribution in [0.5, 0.6) is 0 Å². The molecule has 4 rings (SSSR count). The average molecular weight is 402 g/mol. The number of H-pyrrole nitrogens is 1. The fourth-order valence-electron chi connectivity index (χ4n) is 3.56. The van der Waals surface area contributed by atoms with Crippen LogP contribution in [0.3, 0.4) is 0 Å². The zero-order valence-corrected chi connectivity index (χ0v) is 17.4. The van der Waals surface area contributed by atoms with E-state index in [0.29, 0.717) is 18.3 Å². The van der Waals surface area contributed by atoms with Gasteiger partial charge in [-0.25, -0.2) is 4.98 Å². The Labute approximate surface area is 166 Å². The second-order valence-corrected chi connectivity index (χ2v) is 9.56. The number of hydrogen-bond donors (Lipinski definition) is 1. The van der Waals surface area contributed by atoms with Gasteiger partial charge < -0.3 is 9.55 Å². The molecule has 0 spiro atoms. The molecule has 3 heterocycles. The third-order valence-electron chi connectivity index (χ3n) is 5.06. The van der Waals surface area contributed by atoms with Gasteiger partial charge in [-0.15, -0.1) is 28.1 Å². The lowest BCUT2D eigenvalue weighted by Gasteiger charge is -2.17. The summed E-state index contributed by atoms with van der Waals surface area (Å²) in [7, 11) is 0. The Hall–Kier alpha value is -1.93. The predicted molar refractivity (Wildman–Crippen MR) is 111 cm³/mol. The molecule has 0 unspecified atom stereocenters. The fraction of sp³-hybridized carbons (Fsp3) is 0.474. The molecule has 0 amide bonds. The summed E-state index contributed by atoms with van der Waals surface area (Å²) in [5, 5.41) is 9.98. The largest absolute Gasteiger partial charge is 0.309 e. The second kappa shape index (κ2) is 7.24. The maximum atomic E-state index is 12.8. The van der Waals surface area contributed by atoms with Gasteiger partial charge >= 0.3 is 0 Å². The van der Waals surface area contributed by atoms with Gasteiger partial charge in [0.15, 0.2) is 5.16 Å². The Morgan fingerprint density at radius 1 is 1.48 bits per heavy atom. The van der Waals surface area contributed by atoms with Crippen molar-refractivity contribution in [1.82, 2.24) is 24.7 Å². The second-order valence-electron chi connectivity index (χ2n) is 7.17. The Kier molecular flexibility index (Phi) is 4.94. The first kappa shape index (κ1) is 18.4. The van der Waals surface area contributed by atoms with E-state index in [-0.39, 0.29) is 10.8 Å². The SMILES string of the molecule is C=CCn1c(C)nnc1S[C@@H](C)c1nc2sc3c(c2c(=O)[nH]1)CC[C@@H](C)C3. The molecule has 0 aromatic carbocycles. The lowest BCUT2D eigenvalue weighted by Crippen LogP contribution is -2.15. The van der Waals surface area contributed by atoms with Crippen LogP contribution in [0, 0.1) is 12.8 Å². The van der Waals surface area contributed by atoms with E-state index in [1.54, 1.807) is 23.1 Å². The van der Waals surface area contributed by atoms with E-state index in [1.165, 1.54) is 10.4 Å². The van der Waals surface area contributed by atoms with Crippen LogP contribution in [-0.2, 0) is 19.4 Å². The average Bonchev–Trinajstić information content (AvgIpc) is 3.16. The Bertz CT molecular complexity index is 1060. The number of allylic oxidation sites excluding steroid dienone is 1. The van der Waals surface area contributed by atoms with Gasteiger partial charge in [-0.05, 0) is 44.6 Å². The number of nitrogens with one attached hydrogen (secondary N) is 1. The van der Waals surface area contributed by atoms with E-state index in [0.717, 1.165) is 40.5 Å². The van der Waals surface area contributed by atoms with Crippen LogP contribution in [0.1, 0.15) is 47.6 Å². The van der Waals surface area contributed by atoms with Crippen molar-refractivity contribution in [2.24, 2.45) is 5.92 Å². The van der Waals surface area contributed by atoms with Gasteiger partial charge in [0.2, 0.25) is 0 Å². The van der Waals surface area contributed by atoms with Crippen LogP contribution in [0.2, 0.25) is 0 Å². The molecule has 0 saturated heterocycles. The first-order valence-corrected chi connectivity index (χ1v) is 10.9. The van der Waals surface area contributed by atoms with E-state index in [9.17, 15) is 4.79 Å². The van der Waals surface area contributed by atoms with Crippen molar-refractivity contribution in [2.45, 2.75) is 57.0 Å². The van der Waals surface area contributed by atoms with Crippen LogP contribution in [-0.4, -0.2) is 24.7 Å². The van der Waals surface area contributed by atoms with E-state index in [4.69, 9.17) is 4.98 Å². The van der Waals surface area contributed by atoms with E-state index >= 15 is 0 Å². The molecule has 0 aliphatic heterocycles. The van der Waals surface area contributed by atoms with Gasteiger partial charge in [0.1, 0.15) is 16.5 Å². The minimum Gasteiger partial charge on any atom is -0.309 e. The molecule has 6 nitrogen and oxygen atoms in total. The van der Waals surface area contributed by atoms with Crippen molar-refractivity contribution in [3.8, 4) is 0 Å². The highest BCUT2D eigenvalue weighted by atomic mass is 32.2. The van der Waals surface area contributed by atoms with E-state index in [1.807, 2.05) is 24.5 Å². The Morgan fingerprint density at radius 3 is 3.07 bits per heavy atom. The molecule has 0 saturated carbocycles. The van der Waals surface area contributed by atoms with Crippen LogP contribution in [0.15, 0.2) is 22.6 Å². The molecular weight excluding hydrogens is 378 g/mol. The van der Waals surface area contributed by atoms with Crippen molar-refractivity contribution in [1.29, 1.82) is 0 Å². The molecule has 1 aliphatic rings. The van der Waals surface area contributed by atoms with Crippen molar-refractivity contribution in [3.05, 3.63) is 45.1 Å². The van der Waals surface area contributed by atoms with Crippen molar-refractivity contribution < 1.29 is 0 Å². The highest BCUT2D eigenvalue weighted by Gasteiger charge is 2.24. The summed E-state index contributed by atoms with van der Waals surface area (Å²) in [5.74, 6) is 2.22. The van der Waals surface area contributed by atoms with Gasteiger partial charge in [0.05, 0.1) is 10.6 Å². The molecule has 8 heteroatoms. The first-order valence-electron chi connectivity index (χ1n) is 9.19. The Morgan fingerprint density at radius 2 is 2.30 bits per heavy atom. The predicted octanol–water partition coefficient (Wildman–Crippen LogP) is 4.05. The molecule has 142 valence electrons. The minimum absolute atomic E-state index is 0.0155. The highest BCUT2D eigenvalue weighted by molar-refractivity contribution is 7.99. The van der Waals surface area contributed by atoms with Gasteiger partial charge in [-0.1, -0.05) is 24.8 Å². The number of aryl methyl sites for hydroxylation is 2. The maximum absolute atomic E-state index is 12.8. The summed E-state index contributed by atoms with van der Waals surface area (Å²) in [5.41, 5.74) is 1.20. The standard InChI is InChI=1S/C19H23N5OS2/c1-5-8-24-12(4)22-23-19(24)26-11(3)16-20-17(25)15-13-7-6-10(2)9-14(13)27-18(15)21-16/h5,10-11H,1,6-9H2,2-4H3,(H,20,21,25)/t10-,11+/m1/s1. The molecule has 0 fully saturated rings. The number of thioether (sulfide) groups is 1. The number of aromatic amines is 1. The van der Waals surface area contributed by atoms with Gasteiger partial charge in [0.25, 0.3) is 5.56 Å². The van der Waals surface area contributed by atoms with Crippen molar-refractivity contribution in [3.63, 3.8) is 0 Å². The smallest absolute Gasteiger partial charge is 0.259 e. The van der Waals surface area contributed by atoms with Crippen molar-refractivity contribution in [2.75, 3.05) is 0 Å². The van der Waals surface area contributed by atoms with Crippen LogP contribution < -0.4 is 5.56 Å². The lowest BCUT2D eigenvalue weighted by molar-refractivity contribution is 0.509. The molecule has 0 bridgehead atoms. The van der Waals surface area contributed by atoms with Crippen molar-refractivity contribution >= 4 is 33.3 Å². The third kappa shape index (κ3) is 3.36. The number of nitrogens with zero attached hydrogens (tertiary/aromatic N) is 4. The normalized spacial score (nSPS) is 17.8. The number of fused-ring (bicyclic) bond motifs is 3. The summed E-state index contributed by atoms with van der Waals surface area (Å²) in [6.45, 7) is 10.7. The molecular formula is C19H23N5OS2. The monoisotopic (exact) mass is 401 g/mol. The first-order chi connectivity index (χ1) is 13.0. The van der Waals surface area contributed by atoms with Crippen LogP contribution >= 0.6 is 23.1 Å². The molecule has 27 heavy (non-hydrogen) atoms. The molecule has 3 aromatic heterocycles. The molecule has 2 atom stereocenters. The zero-order chi connectivity index (χ0) is 19.1. The summed E-state index contributed by atoms with van der Waals surface area (Å²) in [4.78, 5) is 22.8. The summed E-state index contributed by atoms with van der Waals surface area (Å²) < 4.78 is 2.01. The summed E-state index contributed by atoms with van der Waals surface area (Å²) in [6.07, 6.45) is 5.01. The molecule has 1 N–H and O–H groups in total. The number of thiophene rings is 1. The van der Waals surface area contributed by atoms with Gasteiger partial charge in [-0.2, -0.15) is 0 Å². The quantitative estimate of drug-likeness (QED) is 0.516. The number of rotatable bonds is 5. The molecule has 1 aliphatic carbocycles. The number of hydrogen-bond acceptors (Lipinski definition) is 6. The lowest BCUT2D eigenvalue weighted by atomic mass is 9.89. The summed E-state index contributed by atoms with van der Waals surface area (Å²) >= 11 is 3.23. The summed E-state index contributed by atoms with van der Waals surface area (Å²) in [6, 6.07) is 0. The third-order valence-corrected chi connectivity index (χ3v) is 7.30. The highest BCUT2D eigenvalue weighted by Crippen LogP contribution is 2.37. The Balaban J connectivity index is 1.68. The fourth-order valence-corrected chi connectivity index (χ4v) is 5.91.